The summed E-state index contributed by atoms with van der Waals surface area (Å²) in [6, 6.07) is 11.2. The van der Waals surface area contributed by atoms with Gasteiger partial charge < -0.3 is 19.7 Å². The van der Waals surface area contributed by atoms with Gasteiger partial charge in [-0.25, -0.2) is 0 Å². The molecule has 0 bridgehead atoms. The van der Waals surface area contributed by atoms with Gasteiger partial charge in [0, 0.05) is 58.9 Å². The maximum absolute atomic E-state index is 6.17. The van der Waals surface area contributed by atoms with Gasteiger partial charge in [-0.3, -0.25) is 14.8 Å². The zero-order valence-electron chi connectivity index (χ0n) is 20.5. The maximum atomic E-state index is 6.17. The summed E-state index contributed by atoms with van der Waals surface area (Å²) in [4.78, 5) is 12.5. The van der Waals surface area contributed by atoms with Crippen molar-refractivity contribution in [3.63, 3.8) is 0 Å². The predicted octanol–water partition coefficient (Wildman–Crippen LogP) is 2.65. The van der Waals surface area contributed by atoms with Gasteiger partial charge in [-0.1, -0.05) is 30.3 Å². The van der Waals surface area contributed by atoms with E-state index in [1.54, 1.807) is 0 Å². The zero-order chi connectivity index (χ0) is 22.3. The number of rotatable bonds is 7. The molecule has 3 saturated heterocycles. The average Bonchev–Trinajstić information content (AvgIpc) is 3.21. The van der Waals surface area contributed by atoms with Crippen LogP contribution in [0, 0.1) is 0 Å². The van der Waals surface area contributed by atoms with Crippen molar-refractivity contribution in [3.8, 4) is 0 Å². The molecule has 1 aromatic carbocycles. The Labute approximate surface area is 216 Å². The first-order valence-corrected chi connectivity index (χ1v) is 12.4. The summed E-state index contributed by atoms with van der Waals surface area (Å²) in [5, 5.41) is 3.52. The minimum atomic E-state index is 0. The molecule has 0 saturated carbocycles. The van der Waals surface area contributed by atoms with Crippen LogP contribution < -0.4 is 5.32 Å². The third-order valence-corrected chi connectivity index (χ3v) is 6.67. The Morgan fingerprint density at radius 3 is 2.58 bits per heavy atom. The van der Waals surface area contributed by atoms with Gasteiger partial charge in [-0.15, -0.1) is 24.0 Å². The van der Waals surface area contributed by atoms with Crippen LogP contribution in [-0.2, 0) is 16.0 Å². The fraction of sp³-hybridized carbons (Fsp3) is 0.720. The lowest BCUT2D eigenvalue weighted by Crippen LogP contribution is -2.50. The van der Waals surface area contributed by atoms with Gasteiger partial charge in [0.05, 0.1) is 31.0 Å². The van der Waals surface area contributed by atoms with Crippen molar-refractivity contribution >= 4 is 29.9 Å². The summed E-state index contributed by atoms with van der Waals surface area (Å²) in [5.74, 6) is 1.04. The Morgan fingerprint density at radius 2 is 1.85 bits per heavy atom. The highest BCUT2D eigenvalue weighted by molar-refractivity contribution is 14.0. The van der Waals surface area contributed by atoms with Gasteiger partial charge >= 0.3 is 0 Å². The monoisotopic (exact) mass is 571 g/mol. The summed E-state index contributed by atoms with van der Waals surface area (Å²) in [6.45, 7) is 16.0. The van der Waals surface area contributed by atoms with Crippen LogP contribution in [0.3, 0.4) is 0 Å². The van der Waals surface area contributed by atoms with Crippen molar-refractivity contribution in [3.05, 3.63) is 35.9 Å². The Morgan fingerprint density at radius 1 is 1.09 bits per heavy atom. The van der Waals surface area contributed by atoms with Gasteiger partial charge in [0.15, 0.2) is 5.96 Å². The van der Waals surface area contributed by atoms with E-state index in [9.17, 15) is 0 Å². The molecule has 0 aromatic heterocycles. The number of hydrogen-bond acceptors (Lipinski definition) is 5. The molecule has 33 heavy (non-hydrogen) atoms. The minimum Gasteiger partial charge on any atom is -0.373 e. The molecule has 3 heterocycles. The third kappa shape index (κ3) is 7.52. The fourth-order valence-corrected chi connectivity index (χ4v) is 5.32. The average molecular weight is 572 g/mol. The number of morpholine rings is 2. The summed E-state index contributed by atoms with van der Waals surface area (Å²) in [5.41, 5.74) is 1.37. The Balaban J connectivity index is 0.00000306. The quantitative estimate of drug-likeness (QED) is 0.235. The van der Waals surface area contributed by atoms with Crippen molar-refractivity contribution < 1.29 is 9.47 Å². The standard InChI is InChI=1S/C25H41N5O2.HI/c1-4-26-25(27-11-8-12-28-15-20(2)32-21(3)16-28)30-18-23-24(19-30)31-14-13-29(23)17-22-9-6-5-7-10-22;/h5-7,9-10,20-21,23-24H,4,8,11-19H2,1-3H3,(H,26,27);1H. The molecule has 4 atom stereocenters. The van der Waals surface area contributed by atoms with E-state index in [1.165, 1.54) is 5.56 Å². The lowest BCUT2D eigenvalue weighted by atomic mass is 10.1. The number of nitrogens with one attached hydrogen (secondary N) is 1. The summed E-state index contributed by atoms with van der Waals surface area (Å²) in [6.07, 6.45) is 1.98. The Bertz CT molecular complexity index is 727. The number of nitrogens with zero attached hydrogens (tertiary/aromatic N) is 4. The normalized spacial score (nSPS) is 28.9. The number of hydrogen-bond donors (Lipinski definition) is 1. The molecule has 4 rings (SSSR count). The smallest absolute Gasteiger partial charge is 0.194 e. The highest BCUT2D eigenvalue weighted by atomic mass is 127. The van der Waals surface area contributed by atoms with Gasteiger partial charge in [0.1, 0.15) is 0 Å². The van der Waals surface area contributed by atoms with Crippen molar-refractivity contribution in [2.45, 2.75) is 58.1 Å². The van der Waals surface area contributed by atoms with Gasteiger partial charge in [0.25, 0.3) is 0 Å². The molecule has 0 aliphatic carbocycles. The molecule has 4 unspecified atom stereocenters. The van der Waals surface area contributed by atoms with Crippen LogP contribution in [0.1, 0.15) is 32.8 Å². The molecule has 0 amide bonds. The van der Waals surface area contributed by atoms with E-state index < -0.39 is 0 Å². The van der Waals surface area contributed by atoms with Crippen molar-refractivity contribution in [1.29, 1.82) is 0 Å². The Hall–Kier alpha value is -0.940. The number of benzene rings is 1. The van der Waals surface area contributed by atoms with Gasteiger partial charge in [-0.05, 0) is 32.8 Å². The number of fused-ring (bicyclic) bond motifs is 1. The number of likely N-dealkylation sites (tertiary alicyclic amines) is 1. The van der Waals surface area contributed by atoms with Crippen molar-refractivity contribution in [2.75, 3.05) is 59.0 Å². The van der Waals surface area contributed by atoms with E-state index in [0.717, 1.165) is 77.9 Å². The molecule has 3 aliphatic rings. The predicted molar refractivity (Wildman–Crippen MR) is 144 cm³/mol. The molecule has 186 valence electrons. The third-order valence-electron chi connectivity index (χ3n) is 6.67. The summed E-state index contributed by atoms with van der Waals surface area (Å²) >= 11 is 0. The van der Waals surface area contributed by atoms with Crippen molar-refractivity contribution in [2.24, 2.45) is 4.99 Å². The van der Waals surface area contributed by atoms with Crippen LogP contribution >= 0.6 is 24.0 Å². The van der Waals surface area contributed by atoms with E-state index in [-0.39, 0.29) is 30.1 Å². The SMILES string of the molecule is CCNC(=NCCCN1CC(C)OC(C)C1)N1CC2OCCN(Cc3ccccc3)C2C1.I. The molecule has 1 aromatic rings. The van der Waals surface area contributed by atoms with E-state index in [2.05, 4.69) is 71.1 Å². The van der Waals surface area contributed by atoms with Crippen LogP contribution in [0.25, 0.3) is 0 Å². The molecule has 0 spiro atoms. The van der Waals surface area contributed by atoms with E-state index in [1.807, 2.05) is 0 Å². The molecule has 8 heteroatoms. The van der Waals surface area contributed by atoms with Gasteiger partial charge in [-0.2, -0.15) is 0 Å². The first-order valence-electron chi connectivity index (χ1n) is 12.4. The number of halogens is 1. The van der Waals surface area contributed by atoms with Gasteiger partial charge in [0.2, 0.25) is 0 Å². The van der Waals surface area contributed by atoms with Crippen molar-refractivity contribution in [1.82, 2.24) is 20.0 Å². The molecular weight excluding hydrogens is 529 g/mol. The second-order valence-electron chi connectivity index (χ2n) is 9.44. The number of aliphatic imine (C=N–C) groups is 1. The fourth-order valence-electron chi connectivity index (χ4n) is 5.32. The maximum Gasteiger partial charge on any atom is 0.194 e. The van der Waals surface area contributed by atoms with Crippen LogP contribution in [0.15, 0.2) is 35.3 Å². The summed E-state index contributed by atoms with van der Waals surface area (Å²) in [7, 11) is 0. The molecule has 7 nitrogen and oxygen atoms in total. The lowest BCUT2D eigenvalue weighted by molar-refractivity contribution is -0.0679. The van der Waals surface area contributed by atoms with Crippen LogP contribution in [0.4, 0.5) is 0 Å². The van der Waals surface area contributed by atoms with Crippen LogP contribution in [0.5, 0.6) is 0 Å². The highest BCUT2D eigenvalue weighted by Gasteiger charge is 2.41. The lowest BCUT2D eigenvalue weighted by Gasteiger charge is -2.36. The first kappa shape index (κ1) is 26.7. The molecule has 3 aliphatic heterocycles. The molecule has 3 fully saturated rings. The molecule has 1 N–H and O–H groups in total. The Kier molecular flexibility index (Phi) is 10.7. The molecular formula is C25H42IN5O2. The second kappa shape index (κ2) is 13.2. The van der Waals surface area contributed by atoms with Crippen LogP contribution in [0.2, 0.25) is 0 Å². The highest BCUT2D eigenvalue weighted by Crippen LogP contribution is 2.24. The topological polar surface area (TPSA) is 52.6 Å². The second-order valence-corrected chi connectivity index (χ2v) is 9.44. The van der Waals surface area contributed by atoms with E-state index >= 15 is 0 Å². The largest absolute Gasteiger partial charge is 0.373 e. The zero-order valence-corrected chi connectivity index (χ0v) is 22.8. The van der Waals surface area contributed by atoms with E-state index in [4.69, 9.17) is 14.5 Å². The number of ether oxygens (including phenoxy) is 2. The van der Waals surface area contributed by atoms with E-state index in [0.29, 0.717) is 18.2 Å². The minimum absolute atomic E-state index is 0. The summed E-state index contributed by atoms with van der Waals surface area (Å²) < 4.78 is 12.0. The number of guanidine groups is 1. The molecule has 0 radical (unpaired) electrons. The first-order chi connectivity index (χ1) is 15.6. The van der Waals surface area contributed by atoms with Crippen LogP contribution in [-0.4, -0.2) is 104 Å².